The van der Waals surface area contributed by atoms with Crippen LogP contribution in [0.1, 0.15) is 91.9 Å². The maximum Gasteiger partial charge on any atom is 0.187 e. The molecule has 9 N–H and O–H groups in total. The number of hydrogen-bond acceptors (Lipinski definition) is 12. The monoisotopic (exact) mass is 609 g/mol. The quantitative estimate of drug-likeness (QED) is 0.0945. The molecule has 0 aromatic carbocycles. The SMILES string of the molecule is CCCCC(C)(O)C1C(CO)OC(OC(CC)(CCC)C2C(CO)OC(OCCCCCCN)C(O)C2O)C(O)C1O. The zero-order valence-corrected chi connectivity index (χ0v) is 26.0. The van der Waals surface area contributed by atoms with Crippen LogP contribution in [0.2, 0.25) is 0 Å². The molecule has 12 unspecified atom stereocenters. The van der Waals surface area contributed by atoms with Crippen LogP contribution in [0.3, 0.4) is 0 Å². The van der Waals surface area contributed by atoms with Crippen LogP contribution in [-0.2, 0) is 18.9 Å². The van der Waals surface area contributed by atoms with Crippen LogP contribution in [-0.4, -0.2) is 123 Å². The van der Waals surface area contributed by atoms with E-state index in [9.17, 15) is 35.7 Å². The van der Waals surface area contributed by atoms with Crippen LogP contribution in [0.25, 0.3) is 0 Å². The predicted molar refractivity (Wildman–Crippen MR) is 155 cm³/mol. The summed E-state index contributed by atoms with van der Waals surface area (Å²) in [6.45, 7) is 7.18. The summed E-state index contributed by atoms with van der Waals surface area (Å²) in [7, 11) is 0. The van der Waals surface area contributed by atoms with Crippen molar-refractivity contribution in [3.63, 3.8) is 0 Å². The molecule has 0 bridgehead atoms. The normalized spacial score (nSPS) is 36.9. The molecule has 12 atom stereocenters. The first-order chi connectivity index (χ1) is 20.0. The molecule has 12 heteroatoms. The molecule has 2 heterocycles. The van der Waals surface area contributed by atoms with E-state index in [2.05, 4.69) is 0 Å². The van der Waals surface area contributed by atoms with Crippen LogP contribution in [0.4, 0.5) is 0 Å². The molecule has 0 aromatic heterocycles. The van der Waals surface area contributed by atoms with Crippen molar-refractivity contribution in [2.45, 2.75) is 152 Å². The molecular formula is C30H59NO11. The molecule has 0 saturated carbocycles. The lowest BCUT2D eigenvalue weighted by atomic mass is 9.71. The van der Waals surface area contributed by atoms with E-state index in [1.54, 1.807) is 6.92 Å². The standard InChI is InChI=1S/C30H59NO11/c1-5-8-14-29(4,38)21-19(17-32)41-28(26(37)23(21)34)42-30(7-3,13-6-2)22-20(18-33)40-27(25(36)24(22)35)39-16-12-10-9-11-15-31/h19-28,32-38H,5-18,31H2,1-4H3. The number of rotatable bonds is 19. The Morgan fingerprint density at radius 1 is 0.714 bits per heavy atom. The first kappa shape index (κ1) is 37.7. The third-order valence-corrected chi connectivity index (χ3v) is 9.14. The topological polar surface area (TPSA) is 205 Å². The van der Waals surface area contributed by atoms with Crippen molar-refractivity contribution < 1.29 is 54.7 Å². The summed E-state index contributed by atoms with van der Waals surface area (Å²) in [5, 5.41) is 76.5. The molecule has 2 aliphatic heterocycles. The number of hydrogen-bond donors (Lipinski definition) is 8. The molecular weight excluding hydrogens is 550 g/mol. The maximum absolute atomic E-state index is 11.4. The number of unbranched alkanes of at least 4 members (excludes halogenated alkanes) is 4. The molecule has 0 radical (unpaired) electrons. The minimum atomic E-state index is -1.58. The summed E-state index contributed by atoms with van der Waals surface area (Å²) in [5.74, 6) is -1.92. The van der Waals surface area contributed by atoms with Crippen molar-refractivity contribution in [3.05, 3.63) is 0 Å². The third-order valence-electron chi connectivity index (χ3n) is 9.14. The zero-order chi connectivity index (χ0) is 31.5. The van der Waals surface area contributed by atoms with Gasteiger partial charge in [-0.05, 0) is 45.6 Å². The van der Waals surface area contributed by atoms with Gasteiger partial charge in [-0.3, -0.25) is 0 Å². The van der Waals surface area contributed by atoms with Gasteiger partial charge in [-0.1, -0.05) is 52.9 Å². The fourth-order valence-electron chi connectivity index (χ4n) is 6.78. The highest BCUT2D eigenvalue weighted by Crippen LogP contribution is 2.45. The molecule has 12 nitrogen and oxygen atoms in total. The van der Waals surface area contributed by atoms with E-state index in [0.29, 0.717) is 38.8 Å². The Balaban J connectivity index is 2.27. The minimum absolute atomic E-state index is 0.284. The Labute approximate surface area is 251 Å². The van der Waals surface area contributed by atoms with Gasteiger partial charge in [0.05, 0.1) is 48.8 Å². The van der Waals surface area contributed by atoms with E-state index in [0.717, 1.165) is 32.1 Å². The summed E-state index contributed by atoms with van der Waals surface area (Å²) in [6, 6.07) is 0. The van der Waals surface area contributed by atoms with E-state index in [1.165, 1.54) is 0 Å². The maximum atomic E-state index is 11.4. The lowest BCUT2D eigenvalue weighted by Gasteiger charge is -2.54. The highest BCUT2D eigenvalue weighted by atomic mass is 16.7. The van der Waals surface area contributed by atoms with E-state index in [1.807, 2.05) is 20.8 Å². The van der Waals surface area contributed by atoms with Gasteiger partial charge in [0, 0.05) is 18.4 Å². The summed E-state index contributed by atoms with van der Waals surface area (Å²) in [5.41, 5.74) is 2.85. The van der Waals surface area contributed by atoms with Crippen molar-refractivity contribution in [2.75, 3.05) is 26.4 Å². The van der Waals surface area contributed by atoms with E-state index in [4.69, 9.17) is 24.7 Å². The van der Waals surface area contributed by atoms with E-state index < -0.39 is 85.5 Å². The van der Waals surface area contributed by atoms with Crippen LogP contribution in [0, 0.1) is 11.8 Å². The van der Waals surface area contributed by atoms with Gasteiger partial charge in [-0.2, -0.15) is 0 Å². The van der Waals surface area contributed by atoms with Gasteiger partial charge in [-0.25, -0.2) is 0 Å². The van der Waals surface area contributed by atoms with Gasteiger partial charge in [0.1, 0.15) is 12.2 Å². The molecule has 0 amide bonds. The smallest absolute Gasteiger partial charge is 0.187 e. The number of aliphatic hydroxyl groups excluding tert-OH is 6. The largest absolute Gasteiger partial charge is 0.394 e. The van der Waals surface area contributed by atoms with Crippen LogP contribution in [0.15, 0.2) is 0 Å². The van der Waals surface area contributed by atoms with Gasteiger partial charge in [0.2, 0.25) is 0 Å². The molecule has 2 saturated heterocycles. The summed E-state index contributed by atoms with van der Waals surface area (Å²) >= 11 is 0. The van der Waals surface area contributed by atoms with Gasteiger partial charge in [-0.15, -0.1) is 0 Å². The Morgan fingerprint density at radius 2 is 1.29 bits per heavy atom. The Hall–Kier alpha value is -0.480. The van der Waals surface area contributed by atoms with Crippen molar-refractivity contribution in [1.29, 1.82) is 0 Å². The van der Waals surface area contributed by atoms with Crippen LogP contribution >= 0.6 is 0 Å². The van der Waals surface area contributed by atoms with Gasteiger partial charge < -0.3 is 60.4 Å². The average molecular weight is 610 g/mol. The van der Waals surface area contributed by atoms with Gasteiger partial charge in [0.15, 0.2) is 12.6 Å². The first-order valence-electron chi connectivity index (χ1n) is 15.9. The lowest BCUT2D eigenvalue weighted by molar-refractivity contribution is -0.365. The summed E-state index contributed by atoms with van der Waals surface area (Å²) < 4.78 is 24.2. The molecule has 2 fully saturated rings. The second kappa shape index (κ2) is 17.9. The van der Waals surface area contributed by atoms with Crippen molar-refractivity contribution in [3.8, 4) is 0 Å². The van der Waals surface area contributed by atoms with E-state index in [-0.39, 0.29) is 6.42 Å². The molecule has 0 aromatic rings. The number of aliphatic hydroxyl groups is 7. The predicted octanol–water partition coefficient (Wildman–Crippen LogP) is 0.539. The van der Waals surface area contributed by atoms with Gasteiger partial charge >= 0.3 is 0 Å². The summed E-state index contributed by atoms with van der Waals surface area (Å²) in [4.78, 5) is 0. The Morgan fingerprint density at radius 3 is 1.86 bits per heavy atom. The third kappa shape index (κ3) is 9.04. The first-order valence-corrected chi connectivity index (χ1v) is 15.9. The van der Waals surface area contributed by atoms with Crippen molar-refractivity contribution in [2.24, 2.45) is 17.6 Å². The number of nitrogens with two attached hydrogens (primary N) is 1. The number of ether oxygens (including phenoxy) is 4. The highest BCUT2D eigenvalue weighted by Gasteiger charge is 2.58. The Bertz CT molecular complexity index is 742. The fraction of sp³-hybridized carbons (Fsp3) is 1.00. The second-order valence-corrected chi connectivity index (χ2v) is 12.3. The summed E-state index contributed by atoms with van der Waals surface area (Å²) in [6.07, 6.45) is -3.92. The van der Waals surface area contributed by atoms with Crippen LogP contribution in [0.5, 0.6) is 0 Å². The molecule has 42 heavy (non-hydrogen) atoms. The lowest BCUT2D eigenvalue weighted by Crippen LogP contribution is -2.67. The van der Waals surface area contributed by atoms with E-state index >= 15 is 0 Å². The second-order valence-electron chi connectivity index (χ2n) is 12.3. The molecule has 2 rings (SSSR count). The zero-order valence-electron chi connectivity index (χ0n) is 26.0. The molecule has 250 valence electrons. The van der Waals surface area contributed by atoms with Crippen molar-refractivity contribution >= 4 is 0 Å². The minimum Gasteiger partial charge on any atom is -0.394 e. The van der Waals surface area contributed by atoms with Gasteiger partial charge in [0.25, 0.3) is 0 Å². The molecule has 0 aliphatic carbocycles. The highest BCUT2D eigenvalue weighted by molar-refractivity contribution is 5.03. The van der Waals surface area contributed by atoms with Crippen LogP contribution < -0.4 is 5.73 Å². The average Bonchev–Trinajstić information content (AvgIpc) is 2.97. The van der Waals surface area contributed by atoms with Crippen molar-refractivity contribution in [1.82, 2.24) is 0 Å². The fourth-order valence-corrected chi connectivity index (χ4v) is 6.78. The molecule has 0 spiro atoms. The molecule has 2 aliphatic rings. The Kier molecular flexibility index (Phi) is 16.0.